The Labute approximate surface area is 172 Å². The molecule has 2 N–H and O–H groups in total. The predicted octanol–water partition coefficient (Wildman–Crippen LogP) is 4.84. The van der Waals surface area contributed by atoms with Crippen molar-refractivity contribution in [3.63, 3.8) is 0 Å². The Kier molecular flexibility index (Phi) is 4.61. The molecule has 2 aliphatic heterocycles. The van der Waals surface area contributed by atoms with Gasteiger partial charge < -0.3 is 15.0 Å². The zero-order valence-electron chi connectivity index (χ0n) is 16.5. The maximum atomic E-state index is 13.2. The number of ether oxygens (including phenoxy) is 1. The fraction of sp³-hybridized carbons (Fsp3) is 0.409. The number of rotatable bonds is 3. The van der Waals surface area contributed by atoms with Crippen LogP contribution >= 0.6 is 0 Å². The van der Waals surface area contributed by atoms with Crippen LogP contribution in [0.1, 0.15) is 30.8 Å². The summed E-state index contributed by atoms with van der Waals surface area (Å²) in [5.74, 6) is 0.444. The number of imidazole rings is 1. The number of hydrogen-bond donors (Lipinski definition) is 2. The van der Waals surface area contributed by atoms with Gasteiger partial charge in [0, 0.05) is 12.1 Å². The first-order chi connectivity index (χ1) is 14.4. The summed E-state index contributed by atoms with van der Waals surface area (Å²) < 4.78 is 45.6. The van der Waals surface area contributed by atoms with Gasteiger partial charge in [-0.25, -0.2) is 4.98 Å². The molecule has 1 aromatic heterocycles. The molecule has 3 heterocycles. The summed E-state index contributed by atoms with van der Waals surface area (Å²) in [6.07, 6.45) is -3.38. The number of nitrogens with zero attached hydrogens (tertiary/aromatic N) is 2. The van der Waals surface area contributed by atoms with E-state index < -0.39 is 12.0 Å². The SMILES string of the molecule is C[C@@H]1CCN([C@H]2COc3ccccc3[C@@H]2Nc2cccc3[nH]c(C(F)(F)F)nc23)C1. The molecule has 3 atom stereocenters. The van der Waals surface area contributed by atoms with E-state index in [9.17, 15) is 13.2 Å². The van der Waals surface area contributed by atoms with Gasteiger partial charge in [-0.15, -0.1) is 0 Å². The van der Waals surface area contributed by atoms with Crippen molar-refractivity contribution in [3.05, 3.63) is 53.9 Å². The highest BCUT2D eigenvalue weighted by atomic mass is 19.4. The van der Waals surface area contributed by atoms with Crippen LogP contribution in [-0.4, -0.2) is 40.6 Å². The van der Waals surface area contributed by atoms with Crippen LogP contribution in [0.5, 0.6) is 5.75 Å². The van der Waals surface area contributed by atoms with Crippen LogP contribution in [-0.2, 0) is 6.18 Å². The molecule has 0 radical (unpaired) electrons. The van der Waals surface area contributed by atoms with Crippen molar-refractivity contribution >= 4 is 16.7 Å². The van der Waals surface area contributed by atoms with Gasteiger partial charge >= 0.3 is 6.18 Å². The zero-order chi connectivity index (χ0) is 20.9. The molecule has 2 aromatic carbocycles. The van der Waals surface area contributed by atoms with Crippen molar-refractivity contribution < 1.29 is 17.9 Å². The molecule has 8 heteroatoms. The van der Waals surface area contributed by atoms with Crippen LogP contribution in [0.25, 0.3) is 11.0 Å². The molecule has 1 saturated heterocycles. The number of hydrogen-bond acceptors (Lipinski definition) is 4. The van der Waals surface area contributed by atoms with E-state index in [-0.39, 0.29) is 12.1 Å². The Balaban J connectivity index is 1.54. The Morgan fingerprint density at radius 3 is 2.77 bits per heavy atom. The van der Waals surface area contributed by atoms with Crippen LogP contribution < -0.4 is 10.1 Å². The first kappa shape index (κ1) is 19.2. The van der Waals surface area contributed by atoms with E-state index >= 15 is 0 Å². The number of aromatic nitrogens is 2. The van der Waals surface area contributed by atoms with Crippen molar-refractivity contribution in [2.75, 3.05) is 25.0 Å². The maximum absolute atomic E-state index is 13.2. The lowest BCUT2D eigenvalue weighted by Gasteiger charge is -2.39. The predicted molar refractivity (Wildman–Crippen MR) is 109 cm³/mol. The largest absolute Gasteiger partial charge is 0.491 e. The lowest BCUT2D eigenvalue weighted by Crippen LogP contribution is -2.47. The van der Waals surface area contributed by atoms with Crippen molar-refractivity contribution in [2.45, 2.75) is 31.6 Å². The minimum absolute atomic E-state index is 0.0844. The van der Waals surface area contributed by atoms with E-state index in [4.69, 9.17) is 4.74 Å². The second kappa shape index (κ2) is 7.19. The Hall–Kier alpha value is -2.74. The average Bonchev–Trinajstić information content (AvgIpc) is 3.35. The van der Waals surface area contributed by atoms with E-state index in [2.05, 4.69) is 27.1 Å². The Bertz CT molecular complexity index is 1060. The number of H-pyrrole nitrogens is 1. The molecule has 5 nitrogen and oxygen atoms in total. The molecule has 2 aliphatic rings. The standard InChI is InChI=1S/C22H23F3N4O/c1-13-9-10-29(11-13)17-12-30-18-8-3-2-5-14(18)19(17)26-15-6-4-7-16-20(15)28-21(27-16)22(23,24)25/h2-8,13,17,19,26H,9-12H2,1H3,(H,27,28)/t13-,17+,19+/m1/s1. The fourth-order valence-electron chi connectivity index (χ4n) is 4.56. The summed E-state index contributed by atoms with van der Waals surface area (Å²) >= 11 is 0. The van der Waals surface area contributed by atoms with Gasteiger partial charge in [-0.3, -0.25) is 4.90 Å². The molecule has 5 rings (SSSR count). The normalized spacial score (nSPS) is 24.6. The van der Waals surface area contributed by atoms with Gasteiger partial charge in [-0.05, 0) is 37.1 Å². The molecule has 1 fully saturated rings. The first-order valence-electron chi connectivity index (χ1n) is 10.2. The maximum Gasteiger partial charge on any atom is 0.449 e. The number of alkyl halides is 3. The topological polar surface area (TPSA) is 53.2 Å². The molecule has 0 amide bonds. The van der Waals surface area contributed by atoms with Gasteiger partial charge in [-0.2, -0.15) is 13.2 Å². The van der Waals surface area contributed by atoms with Gasteiger partial charge in [0.1, 0.15) is 17.9 Å². The van der Waals surface area contributed by atoms with Crippen molar-refractivity contribution in [2.24, 2.45) is 5.92 Å². The van der Waals surface area contributed by atoms with Crippen LogP contribution in [0.3, 0.4) is 0 Å². The molecule has 0 spiro atoms. The van der Waals surface area contributed by atoms with Crippen LogP contribution in [0.2, 0.25) is 0 Å². The van der Waals surface area contributed by atoms with Crippen LogP contribution in [0.15, 0.2) is 42.5 Å². The lowest BCUT2D eigenvalue weighted by atomic mass is 9.94. The van der Waals surface area contributed by atoms with Gasteiger partial charge in [0.15, 0.2) is 0 Å². The molecular formula is C22H23F3N4O. The number of para-hydroxylation sites is 2. The number of benzene rings is 2. The van der Waals surface area contributed by atoms with Crippen LogP contribution in [0, 0.1) is 5.92 Å². The molecular weight excluding hydrogens is 393 g/mol. The summed E-state index contributed by atoms with van der Waals surface area (Å²) in [7, 11) is 0. The molecule has 0 unspecified atom stereocenters. The van der Waals surface area contributed by atoms with E-state index in [1.54, 1.807) is 18.2 Å². The third kappa shape index (κ3) is 3.39. The van der Waals surface area contributed by atoms with E-state index in [1.807, 2.05) is 24.3 Å². The minimum atomic E-state index is -4.52. The molecule has 0 saturated carbocycles. The first-order valence-corrected chi connectivity index (χ1v) is 10.2. The Morgan fingerprint density at radius 2 is 2.00 bits per heavy atom. The number of halogens is 3. The van der Waals surface area contributed by atoms with E-state index in [0.29, 0.717) is 29.2 Å². The third-order valence-electron chi connectivity index (χ3n) is 6.06. The molecule has 30 heavy (non-hydrogen) atoms. The van der Waals surface area contributed by atoms with E-state index in [1.165, 1.54) is 0 Å². The Morgan fingerprint density at radius 1 is 1.17 bits per heavy atom. The third-order valence-corrected chi connectivity index (χ3v) is 6.06. The van der Waals surface area contributed by atoms with Gasteiger partial charge in [0.2, 0.25) is 5.82 Å². The molecule has 0 aliphatic carbocycles. The minimum Gasteiger partial charge on any atom is -0.491 e. The highest BCUT2D eigenvalue weighted by Gasteiger charge is 2.38. The monoisotopic (exact) mass is 416 g/mol. The molecule has 0 bridgehead atoms. The molecule has 3 aromatic rings. The van der Waals surface area contributed by atoms with Crippen molar-refractivity contribution in [1.29, 1.82) is 0 Å². The lowest BCUT2D eigenvalue weighted by molar-refractivity contribution is -0.144. The number of fused-ring (bicyclic) bond motifs is 2. The van der Waals surface area contributed by atoms with Crippen molar-refractivity contribution in [3.8, 4) is 5.75 Å². The van der Waals surface area contributed by atoms with Gasteiger partial charge in [0.25, 0.3) is 0 Å². The summed E-state index contributed by atoms with van der Waals surface area (Å²) in [6, 6.07) is 12.9. The van der Waals surface area contributed by atoms with Gasteiger partial charge in [-0.1, -0.05) is 31.2 Å². The highest BCUT2D eigenvalue weighted by Crippen LogP contribution is 2.39. The number of anilines is 1. The van der Waals surface area contributed by atoms with Crippen molar-refractivity contribution in [1.82, 2.24) is 14.9 Å². The summed E-state index contributed by atoms with van der Waals surface area (Å²) in [4.78, 5) is 8.67. The smallest absolute Gasteiger partial charge is 0.449 e. The number of nitrogens with one attached hydrogen (secondary N) is 2. The summed E-state index contributed by atoms with van der Waals surface area (Å²) in [6.45, 7) is 4.74. The number of likely N-dealkylation sites (tertiary alicyclic amines) is 1. The van der Waals surface area contributed by atoms with E-state index in [0.717, 1.165) is 30.8 Å². The molecule has 158 valence electrons. The summed E-state index contributed by atoms with van der Waals surface area (Å²) in [5, 5.41) is 3.52. The van der Waals surface area contributed by atoms with Gasteiger partial charge in [0.05, 0.1) is 23.3 Å². The number of aromatic amines is 1. The average molecular weight is 416 g/mol. The fourth-order valence-corrected chi connectivity index (χ4v) is 4.56. The second-order valence-corrected chi connectivity index (χ2v) is 8.21. The summed E-state index contributed by atoms with van der Waals surface area (Å²) in [5.41, 5.74) is 2.25. The second-order valence-electron chi connectivity index (χ2n) is 8.21. The van der Waals surface area contributed by atoms with Crippen LogP contribution in [0.4, 0.5) is 18.9 Å². The zero-order valence-corrected chi connectivity index (χ0v) is 16.5. The highest BCUT2D eigenvalue weighted by molar-refractivity contribution is 5.88. The quantitative estimate of drug-likeness (QED) is 0.642.